The number of fused-ring (bicyclic) bond motifs is 1. The van der Waals surface area contributed by atoms with Gasteiger partial charge < -0.3 is 9.64 Å². The van der Waals surface area contributed by atoms with E-state index in [2.05, 4.69) is 20.1 Å². The van der Waals surface area contributed by atoms with E-state index in [9.17, 15) is 0 Å². The van der Waals surface area contributed by atoms with Crippen molar-refractivity contribution in [3.63, 3.8) is 0 Å². The number of rotatable bonds is 0. The van der Waals surface area contributed by atoms with E-state index < -0.39 is 0 Å². The number of nitrogens with zero attached hydrogens (tertiary/aromatic N) is 4. The highest BCUT2D eigenvalue weighted by Gasteiger charge is 2.30. The Balaban J connectivity index is 1.79. The van der Waals surface area contributed by atoms with Crippen LogP contribution in [0.4, 0.5) is 0 Å². The van der Waals surface area contributed by atoms with Crippen LogP contribution < -0.4 is 0 Å². The fraction of sp³-hybridized carbons (Fsp3) is 0.500. The van der Waals surface area contributed by atoms with Crippen LogP contribution in [0.1, 0.15) is 0 Å². The maximum Gasteiger partial charge on any atom is 0.158 e. The zero-order valence-electron chi connectivity index (χ0n) is 8.33. The van der Waals surface area contributed by atoms with Gasteiger partial charge in [-0.2, -0.15) is 5.10 Å². The predicted molar refractivity (Wildman–Crippen MR) is 58.7 cm³/mol. The summed E-state index contributed by atoms with van der Waals surface area (Å²) in [5, 5.41) is 8.35. The van der Waals surface area contributed by atoms with E-state index in [1.165, 1.54) is 0 Å². The Bertz CT molecular complexity index is 377. The van der Waals surface area contributed by atoms with Crippen molar-refractivity contribution in [2.75, 3.05) is 26.3 Å². The molecule has 3 aliphatic rings. The Morgan fingerprint density at radius 1 is 1.27 bits per heavy atom. The predicted octanol–water partition coefficient (Wildman–Crippen LogP) is 0.0959. The molecule has 0 radical (unpaired) electrons. The Morgan fingerprint density at radius 3 is 3.00 bits per heavy atom. The molecular formula is C10H12N4O. The van der Waals surface area contributed by atoms with E-state index >= 15 is 0 Å². The van der Waals surface area contributed by atoms with Crippen molar-refractivity contribution in [1.82, 2.24) is 4.90 Å². The van der Waals surface area contributed by atoms with Gasteiger partial charge in [0.1, 0.15) is 0 Å². The number of morpholine rings is 1. The van der Waals surface area contributed by atoms with Gasteiger partial charge in [0.25, 0.3) is 0 Å². The lowest BCUT2D eigenvalue weighted by Gasteiger charge is -2.30. The highest BCUT2D eigenvalue weighted by molar-refractivity contribution is 6.20. The van der Waals surface area contributed by atoms with Gasteiger partial charge in [-0.15, -0.1) is 5.10 Å². The molecule has 0 amide bonds. The van der Waals surface area contributed by atoms with E-state index in [-0.39, 0.29) is 6.04 Å². The lowest BCUT2D eigenvalue weighted by atomic mass is 10.1. The summed E-state index contributed by atoms with van der Waals surface area (Å²) in [5.41, 5.74) is 0.944. The molecule has 1 atom stereocenters. The second-order valence-corrected chi connectivity index (χ2v) is 3.64. The van der Waals surface area contributed by atoms with Crippen LogP contribution >= 0.6 is 0 Å². The van der Waals surface area contributed by atoms with E-state index in [0.29, 0.717) is 0 Å². The summed E-state index contributed by atoms with van der Waals surface area (Å²) in [6.45, 7) is 3.30. The van der Waals surface area contributed by atoms with Crippen LogP contribution in [0.3, 0.4) is 0 Å². The molecule has 0 unspecified atom stereocenters. The third-order valence-electron chi connectivity index (χ3n) is 2.72. The molecule has 1 saturated heterocycles. The number of ether oxygens (including phenoxy) is 1. The van der Waals surface area contributed by atoms with Crippen LogP contribution in [0, 0.1) is 0 Å². The third-order valence-corrected chi connectivity index (χ3v) is 2.72. The van der Waals surface area contributed by atoms with Gasteiger partial charge in [-0.05, 0) is 12.2 Å². The average Bonchev–Trinajstić information content (AvgIpc) is 2.74. The minimum atomic E-state index is 0.0214. The van der Waals surface area contributed by atoms with Gasteiger partial charge in [0.2, 0.25) is 0 Å². The van der Waals surface area contributed by atoms with Gasteiger partial charge in [0.05, 0.1) is 18.9 Å². The standard InChI is InChI=1S/C10H12N4O/c1-2-8-9(11-3-1)10(13-12-8)14-4-6-15-7-5-14/h1-3,9H,4-7H2/t9-/m1/s1. The summed E-state index contributed by atoms with van der Waals surface area (Å²) in [6, 6.07) is 0.0214. The minimum Gasteiger partial charge on any atom is -0.378 e. The first-order valence-electron chi connectivity index (χ1n) is 5.13. The van der Waals surface area contributed by atoms with Gasteiger partial charge in [-0.3, -0.25) is 4.99 Å². The Kier molecular flexibility index (Phi) is 2.10. The van der Waals surface area contributed by atoms with Crippen molar-refractivity contribution in [2.45, 2.75) is 6.04 Å². The van der Waals surface area contributed by atoms with Crippen molar-refractivity contribution in [2.24, 2.45) is 15.2 Å². The molecule has 0 bridgehead atoms. The van der Waals surface area contributed by atoms with E-state index in [0.717, 1.165) is 37.9 Å². The smallest absolute Gasteiger partial charge is 0.158 e. The highest BCUT2D eigenvalue weighted by Crippen LogP contribution is 2.15. The molecule has 0 aromatic carbocycles. The van der Waals surface area contributed by atoms with Gasteiger partial charge in [-0.25, -0.2) is 0 Å². The van der Waals surface area contributed by atoms with Crippen molar-refractivity contribution in [3.8, 4) is 0 Å². The molecule has 0 aromatic rings. The number of dihydropyridines is 1. The molecule has 0 saturated carbocycles. The summed E-state index contributed by atoms with van der Waals surface area (Å²) < 4.78 is 5.31. The minimum absolute atomic E-state index is 0.0214. The lowest BCUT2D eigenvalue weighted by molar-refractivity contribution is 0.0673. The summed E-state index contributed by atoms with van der Waals surface area (Å²) >= 11 is 0. The normalized spacial score (nSPS) is 28.8. The summed E-state index contributed by atoms with van der Waals surface area (Å²) in [6.07, 6.45) is 5.67. The van der Waals surface area contributed by atoms with Crippen LogP contribution in [0.5, 0.6) is 0 Å². The van der Waals surface area contributed by atoms with Crippen molar-refractivity contribution in [3.05, 3.63) is 12.2 Å². The molecule has 78 valence electrons. The van der Waals surface area contributed by atoms with Crippen molar-refractivity contribution >= 4 is 17.8 Å². The summed E-state index contributed by atoms with van der Waals surface area (Å²) in [5.74, 6) is 0.967. The molecule has 0 aliphatic carbocycles. The third kappa shape index (κ3) is 1.48. The molecule has 0 N–H and O–H groups in total. The molecule has 1 fully saturated rings. The lowest BCUT2D eigenvalue weighted by Crippen LogP contribution is -2.46. The quantitative estimate of drug-likeness (QED) is 0.561. The van der Waals surface area contributed by atoms with Crippen LogP contribution in [0.25, 0.3) is 0 Å². The van der Waals surface area contributed by atoms with Crippen LogP contribution in [0.2, 0.25) is 0 Å². The molecule has 5 heteroatoms. The summed E-state index contributed by atoms with van der Waals surface area (Å²) in [4.78, 5) is 6.60. The largest absolute Gasteiger partial charge is 0.378 e. The molecule has 5 nitrogen and oxygen atoms in total. The topological polar surface area (TPSA) is 49.5 Å². The molecule has 3 aliphatic heterocycles. The fourth-order valence-corrected chi connectivity index (χ4v) is 1.92. The van der Waals surface area contributed by atoms with E-state index in [1.54, 1.807) is 0 Å². The van der Waals surface area contributed by atoms with E-state index in [4.69, 9.17) is 4.74 Å². The van der Waals surface area contributed by atoms with Gasteiger partial charge >= 0.3 is 0 Å². The van der Waals surface area contributed by atoms with E-state index in [1.807, 2.05) is 18.4 Å². The zero-order chi connectivity index (χ0) is 10.1. The first-order valence-corrected chi connectivity index (χ1v) is 5.13. The highest BCUT2D eigenvalue weighted by atomic mass is 16.5. The van der Waals surface area contributed by atoms with Crippen molar-refractivity contribution in [1.29, 1.82) is 0 Å². The number of allylic oxidation sites excluding steroid dienone is 1. The van der Waals surface area contributed by atoms with Gasteiger partial charge in [0.15, 0.2) is 11.9 Å². The molecule has 3 rings (SSSR count). The summed E-state index contributed by atoms with van der Waals surface area (Å²) in [7, 11) is 0. The Hall–Kier alpha value is -1.49. The molecule has 0 spiro atoms. The second kappa shape index (κ2) is 3.58. The molecular weight excluding hydrogens is 192 g/mol. The number of aliphatic imine (C=N–C) groups is 1. The van der Waals surface area contributed by atoms with Crippen LogP contribution in [-0.2, 0) is 4.74 Å². The average molecular weight is 204 g/mol. The zero-order valence-corrected chi connectivity index (χ0v) is 8.33. The Morgan fingerprint density at radius 2 is 2.13 bits per heavy atom. The molecule has 15 heavy (non-hydrogen) atoms. The van der Waals surface area contributed by atoms with Gasteiger partial charge in [0, 0.05) is 19.3 Å². The first-order chi connectivity index (χ1) is 7.45. The van der Waals surface area contributed by atoms with Crippen LogP contribution in [0.15, 0.2) is 27.3 Å². The first kappa shape index (κ1) is 8.79. The second-order valence-electron chi connectivity index (χ2n) is 3.64. The molecule has 0 aromatic heterocycles. The van der Waals surface area contributed by atoms with Gasteiger partial charge in [-0.1, -0.05) is 0 Å². The Labute approximate surface area is 87.8 Å². The maximum absolute atomic E-state index is 5.31. The monoisotopic (exact) mass is 204 g/mol. The van der Waals surface area contributed by atoms with Crippen LogP contribution in [-0.4, -0.2) is 55.0 Å². The molecule has 3 heterocycles. The number of hydrogen-bond donors (Lipinski definition) is 0. The number of hydrogen-bond acceptors (Lipinski definition) is 5. The SMILES string of the molecule is C1=CC2=NN=C(N3CCOCC3)[C@@H]2N=C1. The fourth-order valence-electron chi connectivity index (χ4n) is 1.92. The number of amidine groups is 1. The maximum atomic E-state index is 5.31. The van der Waals surface area contributed by atoms with Crippen molar-refractivity contribution < 1.29 is 4.74 Å².